The zero-order valence-corrected chi connectivity index (χ0v) is 18.3. The van der Waals surface area contributed by atoms with Gasteiger partial charge in [0.05, 0.1) is 25.6 Å². The fourth-order valence-electron chi connectivity index (χ4n) is 3.32. The van der Waals surface area contributed by atoms with Crippen molar-refractivity contribution in [2.45, 2.75) is 18.1 Å². The number of carbonyl (C=O) groups excluding carboxylic acids is 2. The van der Waals surface area contributed by atoms with E-state index in [2.05, 4.69) is 15.6 Å². The van der Waals surface area contributed by atoms with Crippen LogP contribution in [0, 0.1) is 0 Å². The molecule has 1 aliphatic heterocycles. The molecule has 1 aromatic carbocycles. The lowest BCUT2D eigenvalue weighted by Crippen LogP contribution is -2.46. The van der Waals surface area contributed by atoms with Gasteiger partial charge in [-0.25, -0.2) is 14.6 Å². The van der Waals surface area contributed by atoms with Crippen LogP contribution in [0.4, 0.5) is 4.79 Å². The van der Waals surface area contributed by atoms with E-state index in [1.54, 1.807) is 32.4 Å². The highest BCUT2D eigenvalue weighted by Gasteiger charge is 2.35. The van der Waals surface area contributed by atoms with Crippen LogP contribution in [0.15, 0.2) is 75.9 Å². The van der Waals surface area contributed by atoms with E-state index in [1.807, 2.05) is 35.0 Å². The molecule has 3 aromatic rings. The van der Waals surface area contributed by atoms with Gasteiger partial charge in [-0.2, -0.15) is 0 Å². The zero-order valence-electron chi connectivity index (χ0n) is 17.5. The molecule has 0 radical (unpaired) electrons. The molecule has 1 atom stereocenters. The Morgan fingerprint density at radius 1 is 1.28 bits per heavy atom. The lowest BCUT2D eigenvalue weighted by atomic mass is 10.0. The van der Waals surface area contributed by atoms with Crippen LogP contribution in [-0.4, -0.2) is 41.0 Å². The summed E-state index contributed by atoms with van der Waals surface area (Å²) in [5.41, 5.74) is 1.66. The van der Waals surface area contributed by atoms with Gasteiger partial charge in [-0.3, -0.25) is 4.57 Å². The Morgan fingerprint density at radius 3 is 2.78 bits per heavy atom. The summed E-state index contributed by atoms with van der Waals surface area (Å²) in [6.45, 7) is 1.94. The molecule has 10 heteroatoms. The highest BCUT2D eigenvalue weighted by atomic mass is 32.2. The Balaban J connectivity index is 1.63. The van der Waals surface area contributed by atoms with Crippen LogP contribution >= 0.6 is 11.8 Å². The maximum absolute atomic E-state index is 12.8. The van der Waals surface area contributed by atoms with E-state index in [4.69, 9.17) is 13.9 Å². The third kappa shape index (κ3) is 4.50. The lowest BCUT2D eigenvalue weighted by molar-refractivity contribution is -0.139. The van der Waals surface area contributed by atoms with Gasteiger partial charge in [0.15, 0.2) is 5.16 Å². The molecule has 2 aromatic heterocycles. The molecule has 4 rings (SSSR count). The second-order valence-corrected chi connectivity index (χ2v) is 7.67. The number of methoxy groups -OCH3 is 1. The van der Waals surface area contributed by atoms with Gasteiger partial charge >= 0.3 is 12.0 Å². The Morgan fingerprint density at radius 2 is 2.09 bits per heavy atom. The van der Waals surface area contributed by atoms with Crippen LogP contribution in [0.25, 0.3) is 5.69 Å². The molecule has 3 heterocycles. The van der Waals surface area contributed by atoms with Crippen LogP contribution in [0.1, 0.15) is 18.7 Å². The standard InChI is InChI=1S/C22H22N4O5S/c1-3-30-20(27)18-16(24-21(28)25-19(18)17-5-4-12-31-17)13-32-22-23-10-11-26(22)14-6-8-15(29-2)9-7-14/h4-12,19H,3,13H2,1-2H3,(H2,24,25,28). The minimum Gasteiger partial charge on any atom is -0.497 e. The van der Waals surface area contributed by atoms with Crippen molar-refractivity contribution in [2.75, 3.05) is 19.5 Å². The van der Waals surface area contributed by atoms with Crippen molar-refractivity contribution in [3.05, 3.63) is 72.1 Å². The number of aromatic nitrogens is 2. The normalized spacial score (nSPS) is 15.8. The molecule has 32 heavy (non-hydrogen) atoms. The third-order valence-corrected chi connectivity index (χ3v) is 5.77. The number of imidazole rings is 1. The van der Waals surface area contributed by atoms with Gasteiger partial charge in [0.25, 0.3) is 0 Å². The van der Waals surface area contributed by atoms with Gasteiger partial charge in [0, 0.05) is 29.5 Å². The molecule has 9 nitrogen and oxygen atoms in total. The lowest BCUT2D eigenvalue weighted by Gasteiger charge is -2.27. The fraction of sp³-hybridized carbons (Fsp3) is 0.227. The number of thioether (sulfide) groups is 1. The third-order valence-electron chi connectivity index (χ3n) is 4.78. The summed E-state index contributed by atoms with van der Waals surface area (Å²) in [4.78, 5) is 29.5. The van der Waals surface area contributed by atoms with Crippen molar-refractivity contribution >= 4 is 23.8 Å². The first-order chi connectivity index (χ1) is 15.6. The van der Waals surface area contributed by atoms with Gasteiger partial charge in [-0.05, 0) is 43.3 Å². The maximum Gasteiger partial charge on any atom is 0.338 e. The largest absolute Gasteiger partial charge is 0.497 e. The molecule has 0 saturated heterocycles. The molecule has 166 valence electrons. The molecule has 2 amide bonds. The summed E-state index contributed by atoms with van der Waals surface area (Å²) in [6.07, 6.45) is 5.03. The Bertz CT molecular complexity index is 1120. The van der Waals surface area contributed by atoms with Crippen molar-refractivity contribution in [3.63, 3.8) is 0 Å². The second kappa shape index (κ2) is 9.65. The minimum atomic E-state index is -0.741. The maximum atomic E-state index is 12.8. The average molecular weight is 455 g/mol. The summed E-state index contributed by atoms with van der Waals surface area (Å²) in [5.74, 6) is 0.987. The highest BCUT2D eigenvalue weighted by Crippen LogP contribution is 2.31. The molecule has 0 fully saturated rings. The van der Waals surface area contributed by atoms with E-state index in [0.717, 1.165) is 11.4 Å². The average Bonchev–Trinajstić information content (AvgIpc) is 3.49. The van der Waals surface area contributed by atoms with Crippen LogP contribution in [0.5, 0.6) is 5.75 Å². The first-order valence-corrected chi connectivity index (χ1v) is 10.9. The quantitative estimate of drug-likeness (QED) is 0.397. The number of nitrogens with one attached hydrogen (secondary N) is 2. The molecule has 0 spiro atoms. The van der Waals surface area contributed by atoms with E-state index < -0.39 is 18.0 Å². The van der Waals surface area contributed by atoms with Gasteiger partial charge < -0.3 is 24.5 Å². The van der Waals surface area contributed by atoms with Crippen molar-refractivity contribution in [1.82, 2.24) is 20.2 Å². The van der Waals surface area contributed by atoms with Crippen LogP contribution < -0.4 is 15.4 Å². The molecule has 1 aliphatic rings. The smallest absolute Gasteiger partial charge is 0.338 e. The van der Waals surface area contributed by atoms with Crippen molar-refractivity contribution in [3.8, 4) is 11.4 Å². The molecule has 1 unspecified atom stereocenters. The van der Waals surface area contributed by atoms with Gasteiger partial charge in [-0.15, -0.1) is 0 Å². The number of hydrogen-bond donors (Lipinski definition) is 2. The summed E-state index contributed by atoms with van der Waals surface area (Å²) in [5, 5.41) is 6.18. The van der Waals surface area contributed by atoms with Crippen molar-refractivity contribution in [2.24, 2.45) is 0 Å². The molecule has 0 aliphatic carbocycles. The number of carbonyl (C=O) groups is 2. The number of rotatable bonds is 8. The predicted octanol–water partition coefficient (Wildman–Crippen LogP) is 3.44. The molecule has 0 saturated carbocycles. The highest BCUT2D eigenvalue weighted by molar-refractivity contribution is 7.99. The second-order valence-electron chi connectivity index (χ2n) is 6.73. The van der Waals surface area contributed by atoms with E-state index in [-0.39, 0.29) is 6.61 Å². The first kappa shape index (κ1) is 21.6. The number of ether oxygens (including phenoxy) is 2. The molecule has 2 N–H and O–H groups in total. The summed E-state index contributed by atoms with van der Waals surface area (Å²) in [7, 11) is 1.62. The Labute approximate surface area is 188 Å². The van der Waals surface area contributed by atoms with Crippen molar-refractivity contribution in [1.29, 1.82) is 0 Å². The van der Waals surface area contributed by atoms with Crippen LogP contribution in [0.3, 0.4) is 0 Å². The van der Waals surface area contributed by atoms with E-state index >= 15 is 0 Å². The zero-order chi connectivity index (χ0) is 22.5. The number of urea groups is 1. The number of furan rings is 1. The fourth-order valence-corrected chi connectivity index (χ4v) is 4.27. The molecular formula is C22H22N4O5S. The number of hydrogen-bond acceptors (Lipinski definition) is 7. The predicted molar refractivity (Wildman–Crippen MR) is 118 cm³/mol. The minimum absolute atomic E-state index is 0.212. The Kier molecular flexibility index (Phi) is 6.50. The molecular weight excluding hydrogens is 432 g/mol. The van der Waals surface area contributed by atoms with E-state index in [0.29, 0.717) is 27.9 Å². The summed E-state index contributed by atoms with van der Waals surface area (Å²) in [6, 6.07) is 9.82. The van der Waals surface area contributed by atoms with E-state index in [9.17, 15) is 9.59 Å². The topological polar surface area (TPSA) is 108 Å². The van der Waals surface area contributed by atoms with Gasteiger partial charge in [0.2, 0.25) is 0 Å². The van der Waals surface area contributed by atoms with Gasteiger partial charge in [0.1, 0.15) is 17.6 Å². The number of esters is 1. The monoisotopic (exact) mass is 454 g/mol. The Hall–Kier alpha value is -3.66. The van der Waals surface area contributed by atoms with Crippen molar-refractivity contribution < 1.29 is 23.5 Å². The summed E-state index contributed by atoms with van der Waals surface area (Å²) < 4.78 is 17.8. The molecule has 0 bridgehead atoms. The van der Waals surface area contributed by atoms with E-state index in [1.165, 1.54) is 18.0 Å². The first-order valence-electron chi connectivity index (χ1n) is 9.92. The SMILES string of the molecule is CCOC(=O)C1=C(CSc2nccn2-c2ccc(OC)cc2)NC(=O)NC1c1ccco1. The van der Waals surface area contributed by atoms with Crippen LogP contribution in [-0.2, 0) is 9.53 Å². The number of benzene rings is 1. The number of nitrogens with zero attached hydrogens (tertiary/aromatic N) is 2. The van der Waals surface area contributed by atoms with Crippen LogP contribution in [0.2, 0.25) is 0 Å². The summed E-state index contributed by atoms with van der Waals surface area (Å²) >= 11 is 1.39. The van der Waals surface area contributed by atoms with Gasteiger partial charge in [-0.1, -0.05) is 11.8 Å². The number of amides is 2.